The van der Waals surface area contributed by atoms with Crippen molar-refractivity contribution in [2.75, 3.05) is 13.1 Å². The standard InChI is InChI=1S/C27H30N2O/c30-27(19-26(24-9-3-1-4-10-24)25-11-5-2-6-12-25)28-20-22-13-15-23(16-14-22)21-29-17-7-8-18-29/h1-6,9-16,26H,7-8,17-21H2,(H,28,30)/p+1. The zero-order valence-corrected chi connectivity index (χ0v) is 17.5. The van der Waals surface area contributed by atoms with Crippen molar-refractivity contribution in [3.8, 4) is 0 Å². The van der Waals surface area contributed by atoms with Crippen LogP contribution in [0.2, 0.25) is 0 Å². The molecule has 0 atom stereocenters. The molecule has 1 heterocycles. The first kappa shape index (κ1) is 20.4. The molecule has 1 aliphatic heterocycles. The molecule has 0 bridgehead atoms. The molecule has 3 nitrogen and oxygen atoms in total. The monoisotopic (exact) mass is 399 g/mol. The summed E-state index contributed by atoms with van der Waals surface area (Å²) in [6.07, 6.45) is 3.16. The quantitative estimate of drug-likeness (QED) is 0.595. The van der Waals surface area contributed by atoms with Crippen molar-refractivity contribution in [2.45, 2.75) is 38.3 Å². The first-order valence-corrected chi connectivity index (χ1v) is 11.1. The Morgan fingerprint density at radius 3 is 1.87 bits per heavy atom. The summed E-state index contributed by atoms with van der Waals surface area (Å²) in [7, 11) is 0. The summed E-state index contributed by atoms with van der Waals surface area (Å²) in [4.78, 5) is 14.4. The number of benzene rings is 3. The third-order valence-electron chi connectivity index (χ3n) is 6.07. The number of rotatable bonds is 8. The molecule has 0 saturated carbocycles. The van der Waals surface area contributed by atoms with Gasteiger partial charge in [-0.05, 0) is 16.7 Å². The fourth-order valence-corrected chi connectivity index (χ4v) is 4.37. The second kappa shape index (κ2) is 10.2. The van der Waals surface area contributed by atoms with Crippen LogP contribution in [0.25, 0.3) is 0 Å². The fourth-order valence-electron chi connectivity index (χ4n) is 4.37. The summed E-state index contributed by atoms with van der Waals surface area (Å²) in [5.41, 5.74) is 4.88. The number of amides is 1. The Bertz CT molecular complexity index is 877. The van der Waals surface area contributed by atoms with E-state index in [1.165, 1.54) is 42.6 Å². The van der Waals surface area contributed by atoms with Crippen LogP contribution in [0.1, 0.15) is 47.4 Å². The van der Waals surface area contributed by atoms with Gasteiger partial charge in [0.1, 0.15) is 6.54 Å². The van der Waals surface area contributed by atoms with Gasteiger partial charge in [0, 0.05) is 37.3 Å². The van der Waals surface area contributed by atoms with Crippen molar-refractivity contribution in [1.29, 1.82) is 0 Å². The highest BCUT2D eigenvalue weighted by atomic mass is 16.1. The minimum Gasteiger partial charge on any atom is -0.352 e. The zero-order valence-electron chi connectivity index (χ0n) is 17.5. The maximum Gasteiger partial charge on any atom is 0.221 e. The minimum atomic E-state index is 0.0678. The highest BCUT2D eigenvalue weighted by Crippen LogP contribution is 2.27. The van der Waals surface area contributed by atoms with E-state index >= 15 is 0 Å². The summed E-state index contributed by atoms with van der Waals surface area (Å²) < 4.78 is 0. The molecule has 3 aromatic rings. The lowest BCUT2D eigenvalue weighted by Crippen LogP contribution is -3.08. The van der Waals surface area contributed by atoms with Crippen LogP contribution >= 0.6 is 0 Å². The molecule has 1 fully saturated rings. The maximum atomic E-state index is 12.8. The Kier molecular flexibility index (Phi) is 6.94. The Labute approximate surface area is 179 Å². The molecule has 154 valence electrons. The van der Waals surface area contributed by atoms with Crippen LogP contribution < -0.4 is 10.2 Å². The zero-order chi connectivity index (χ0) is 20.6. The largest absolute Gasteiger partial charge is 0.352 e. The number of quaternary nitrogens is 1. The van der Waals surface area contributed by atoms with Gasteiger partial charge < -0.3 is 10.2 Å². The predicted octanol–water partition coefficient (Wildman–Crippen LogP) is 3.70. The van der Waals surface area contributed by atoms with Crippen LogP contribution in [-0.4, -0.2) is 19.0 Å². The highest BCUT2D eigenvalue weighted by Gasteiger charge is 2.18. The van der Waals surface area contributed by atoms with E-state index in [0.29, 0.717) is 13.0 Å². The molecule has 3 aromatic carbocycles. The first-order chi connectivity index (χ1) is 14.8. The van der Waals surface area contributed by atoms with Crippen molar-refractivity contribution in [2.24, 2.45) is 0 Å². The molecule has 1 amide bonds. The van der Waals surface area contributed by atoms with Crippen molar-refractivity contribution in [1.82, 2.24) is 5.32 Å². The van der Waals surface area contributed by atoms with Gasteiger partial charge in [0.2, 0.25) is 5.91 Å². The van der Waals surface area contributed by atoms with Gasteiger partial charge in [-0.1, -0.05) is 84.9 Å². The smallest absolute Gasteiger partial charge is 0.221 e. The number of carbonyl (C=O) groups is 1. The molecule has 30 heavy (non-hydrogen) atoms. The second-order valence-corrected chi connectivity index (χ2v) is 8.31. The molecule has 0 aromatic heterocycles. The lowest BCUT2D eigenvalue weighted by Gasteiger charge is -2.18. The van der Waals surface area contributed by atoms with E-state index in [9.17, 15) is 4.79 Å². The van der Waals surface area contributed by atoms with Crippen LogP contribution in [0.4, 0.5) is 0 Å². The van der Waals surface area contributed by atoms with Crippen molar-refractivity contribution >= 4 is 5.91 Å². The van der Waals surface area contributed by atoms with E-state index in [4.69, 9.17) is 0 Å². The van der Waals surface area contributed by atoms with Gasteiger partial charge in [-0.3, -0.25) is 4.79 Å². The maximum absolute atomic E-state index is 12.8. The van der Waals surface area contributed by atoms with Crippen molar-refractivity contribution in [3.05, 3.63) is 107 Å². The summed E-state index contributed by atoms with van der Waals surface area (Å²) in [5, 5.41) is 3.12. The Balaban J connectivity index is 1.34. The van der Waals surface area contributed by atoms with Crippen LogP contribution in [0.15, 0.2) is 84.9 Å². The molecule has 1 aliphatic rings. The normalized spacial score (nSPS) is 14.2. The molecular formula is C27H31N2O+. The Morgan fingerprint density at radius 2 is 1.30 bits per heavy atom. The van der Waals surface area contributed by atoms with E-state index in [2.05, 4.69) is 53.8 Å². The number of carbonyl (C=O) groups excluding carboxylic acids is 1. The summed E-state index contributed by atoms with van der Waals surface area (Å²) in [6, 6.07) is 29.3. The summed E-state index contributed by atoms with van der Waals surface area (Å²) in [5.74, 6) is 0.150. The summed E-state index contributed by atoms with van der Waals surface area (Å²) >= 11 is 0. The molecule has 0 spiro atoms. The molecule has 0 aliphatic carbocycles. The van der Waals surface area contributed by atoms with Gasteiger partial charge in [-0.2, -0.15) is 0 Å². The van der Waals surface area contributed by atoms with Gasteiger partial charge in [-0.15, -0.1) is 0 Å². The van der Waals surface area contributed by atoms with E-state index < -0.39 is 0 Å². The first-order valence-electron chi connectivity index (χ1n) is 11.1. The number of likely N-dealkylation sites (tertiary alicyclic amines) is 1. The van der Waals surface area contributed by atoms with Crippen LogP contribution in [-0.2, 0) is 17.9 Å². The number of hydrogen-bond donors (Lipinski definition) is 2. The number of hydrogen-bond acceptors (Lipinski definition) is 1. The van der Waals surface area contributed by atoms with Gasteiger partial charge in [0.25, 0.3) is 0 Å². The Morgan fingerprint density at radius 1 is 0.767 bits per heavy atom. The van der Waals surface area contributed by atoms with E-state index in [1.807, 2.05) is 36.4 Å². The van der Waals surface area contributed by atoms with Gasteiger partial charge in [0.05, 0.1) is 13.1 Å². The topological polar surface area (TPSA) is 33.5 Å². The van der Waals surface area contributed by atoms with Crippen molar-refractivity contribution < 1.29 is 9.69 Å². The van der Waals surface area contributed by atoms with Crippen LogP contribution in [0.3, 0.4) is 0 Å². The van der Waals surface area contributed by atoms with Gasteiger partial charge in [0.15, 0.2) is 0 Å². The van der Waals surface area contributed by atoms with Gasteiger partial charge in [-0.25, -0.2) is 0 Å². The fraction of sp³-hybridized carbons (Fsp3) is 0.296. The highest BCUT2D eigenvalue weighted by molar-refractivity contribution is 5.77. The van der Waals surface area contributed by atoms with Gasteiger partial charge >= 0.3 is 0 Å². The molecule has 0 radical (unpaired) electrons. The van der Waals surface area contributed by atoms with Crippen molar-refractivity contribution in [3.63, 3.8) is 0 Å². The molecular weight excluding hydrogens is 368 g/mol. The third-order valence-corrected chi connectivity index (χ3v) is 6.07. The van der Waals surface area contributed by atoms with E-state index in [0.717, 1.165) is 12.1 Å². The lowest BCUT2D eigenvalue weighted by molar-refractivity contribution is -0.901. The summed E-state index contributed by atoms with van der Waals surface area (Å²) in [6.45, 7) is 4.28. The third kappa shape index (κ3) is 5.58. The molecule has 2 N–H and O–H groups in total. The molecule has 1 saturated heterocycles. The average Bonchev–Trinajstić information content (AvgIpc) is 3.31. The molecule has 3 heteroatoms. The van der Waals surface area contributed by atoms with Crippen LogP contribution in [0, 0.1) is 0 Å². The minimum absolute atomic E-state index is 0.0678. The second-order valence-electron chi connectivity index (χ2n) is 8.31. The molecule has 0 unspecified atom stereocenters. The average molecular weight is 400 g/mol. The SMILES string of the molecule is O=C(CC(c1ccccc1)c1ccccc1)NCc1ccc(C[NH+]2CCCC2)cc1. The van der Waals surface area contributed by atoms with Crippen LogP contribution in [0.5, 0.6) is 0 Å². The Hall–Kier alpha value is -2.91. The van der Waals surface area contributed by atoms with E-state index in [1.54, 1.807) is 4.90 Å². The van der Waals surface area contributed by atoms with E-state index in [-0.39, 0.29) is 11.8 Å². The number of nitrogens with one attached hydrogen (secondary N) is 2. The predicted molar refractivity (Wildman–Crippen MR) is 121 cm³/mol. The lowest BCUT2D eigenvalue weighted by atomic mass is 9.88. The molecule has 4 rings (SSSR count).